The Labute approximate surface area is 242 Å². The number of amides is 5. The Hall–Kier alpha value is -4.79. The first kappa shape index (κ1) is 33.4. The van der Waals surface area contributed by atoms with E-state index in [1.54, 1.807) is 44.2 Å². The number of nitrogens with zero attached hydrogens (tertiary/aromatic N) is 1. The van der Waals surface area contributed by atoms with Crippen LogP contribution < -0.4 is 32.7 Å². The van der Waals surface area contributed by atoms with Gasteiger partial charge in [-0.15, -0.1) is 0 Å². The Morgan fingerprint density at radius 1 is 0.857 bits per heavy atom. The molecule has 0 aliphatic rings. The fourth-order valence-electron chi connectivity index (χ4n) is 3.90. The van der Waals surface area contributed by atoms with E-state index < -0.39 is 78.1 Å². The number of carbonyl (C=O) groups is 6. The van der Waals surface area contributed by atoms with Crippen molar-refractivity contribution in [3.05, 3.63) is 54.1 Å². The molecule has 42 heavy (non-hydrogen) atoms. The van der Waals surface area contributed by atoms with Crippen molar-refractivity contribution < 1.29 is 33.9 Å². The number of carbonyl (C=O) groups excluding carboxylic acids is 5. The number of carboxylic acids is 1. The summed E-state index contributed by atoms with van der Waals surface area (Å²) >= 11 is 0. The lowest BCUT2D eigenvalue weighted by molar-refractivity contribution is -0.142. The topological polar surface area (TPSA) is 251 Å². The first-order valence-electron chi connectivity index (χ1n) is 13.3. The molecule has 0 fully saturated rings. The zero-order valence-electron chi connectivity index (χ0n) is 23.6. The number of hydrogen-bond donors (Lipinski definition) is 8. The van der Waals surface area contributed by atoms with Crippen LogP contribution in [0.1, 0.15) is 38.4 Å². The van der Waals surface area contributed by atoms with Gasteiger partial charge in [0.15, 0.2) is 0 Å². The zero-order valence-corrected chi connectivity index (χ0v) is 23.6. The van der Waals surface area contributed by atoms with E-state index >= 15 is 0 Å². The van der Waals surface area contributed by atoms with E-state index in [9.17, 15) is 28.8 Å². The molecule has 1 heterocycles. The molecular formula is C27H38N8O7. The van der Waals surface area contributed by atoms with Crippen molar-refractivity contribution in [3.8, 4) is 0 Å². The van der Waals surface area contributed by atoms with Gasteiger partial charge in [0.2, 0.25) is 29.5 Å². The van der Waals surface area contributed by atoms with Crippen molar-refractivity contribution in [1.29, 1.82) is 0 Å². The number of rotatable bonds is 16. The molecule has 5 amide bonds. The maximum atomic E-state index is 13.4. The second-order valence-electron chi connectivity index (χ2n) is 10.2. The molecule has 0 aliphatic carbocycles. The third-order valence-electron chi connectivity index (χ3n) is 6.26. The number of primary amides is 1. The average molecular weight is 587 g/mol. The minimum atomic E-state index is -1.45. The average Bonchev–Trinajstić information content (AvgIpc) is 3.43. The van der Waals surface area contributed by atoms with Crippen LogP contribution in [0, 0.1) is 5.92 Å². The van der Waals surface area contributed by atoms with E-state index in [0.717, 1.165) is 0 Å². The fourth-order valence-corrected chi connectivity index (χ4v) is 3.90. The standard InChI is InChI=1S/C27H38N8O7/c1-14(2)22(26(40)32-15(3)27(41)42)35-25(39)19(9-16-7-5-4-6-8-16)34-24(38)20(11-21(29)36)33-23(37)18(28)10-17-12-30-13-31-17/h4-8,12-15,18-20,22H,9-11,28H2,1-3H3,(H2,29,36)(H,30,31)(H,32,40)(H,33,37)(H,34,38)(H,35,39)(H,41,42)/t15-,18-,19-,20-,22-/m0/s1. The summed E-state index contributed by atoms with van der Waals surface area (Å²) in [5.41, 5.74) is 12.5. The molecule has 15 nitrogen and oxygen atoms in total. The van der Waals surface area contributed by atoms with Crippen LogP contribution in [-0.4, -0.2) is 80.8 Å². The minimum absolute atomic E-state index is 0.00699. The van der Waals surface area contributed by atoms with Gasteiger partial charge in [-0.2, -0.15) is 0 Å². The molecule has 0 bridgehead atoms. The molecule has 0 radical (unpaired) electrons. The van der Waals surface area contributed by atoms with Crippen molar-refractivity contribution in [2.45, 2.75) is 70.2 Å². The smallest absolute Gasteiger partial charge is 0.325 e. The fraction of sp³-hybridized carbons (Fsp3) is 0.444. The highest BCUT2D eigenvalue weighted by atomic mass is 16.4. The zero-order chi connectivity index (χ0) is 31.4. The van der Waals surface area contributed by atoms with Gasteiger partial charge in [-0.1, -0.05) is 44.2 Å². The molecule has 0 saturated heterocycles. The van der Waals surface area contributed by atoms with E-state index in [-0.39, 0.29) is 12.8 Å². The number of nitrogens with one attached hydrogen (secondary N) is 5. The molecule has 1 aromatic heterocycles. The molecule has 1 aromatic carbocycles. The van der Waals surface area contributed by atoms with Crippen molar-refractivity contribution in [1.82, 2.24) is 31.2 Å². The molecule has 2 rings (SSSR count). The molecule has 0 saturated carbocycles. The first-order valence-corrected chi connectivity index (χ1v) is 13.3. The van der Waals surface area contributed by atoms with Crippen molar-refractivity contribution >= 4 is 35.5 Å². The maximum absolute atomic E-state index is 13.4. The number of hydrogen-bond acceptors (Lipinski definition) is 8. The minimum Gasteiger partial charge on any atom is -0.480 e. The highest BCUT2D eigenvalue weighted by Crippen LogP contribution is 2.08. The second-order valence-corrected chi connectivity index (χ2v) is 10.2. The summed E-state index contributed by atoms with van der Waals surface area (Å²) in [5.74, 6) is -5.66. The van der Waals surface area contributed by atoms with Gasteiger partial charge in [0.05, 0.1) is 18.8 Å². The van der Waals surface area contributed by atoms with Crippen LogP contribution in [0.25, 0.3) is 0 Å². The van der Waals surface area contributed by atoms with Crippen LogP contribution in [0.5, 0.6) is 0 Å². The maximum Gasteiger partial charge on any atom is 0.325 e. The quantitative estimate of drug-likeness (QED) is 0.109. The summed E-state index contributed by atoms with van der Waals surface area (Å²) in [4.78, 5) is 81.9. The Morgan fingerprint density at radius 3 is 2.02 bits per heavy atom. The normalized spacial score (nSPS) is 14.5. The Kier molecular flexibility index (Phi) is 12.6. The van der Waals surface area contributed by atoms with Crippen LogP contribution in [0.15, 0.2) is 42.9 Å². The van der Waals surface area contributed by atoms with Crippen LogP contribution in [-0.2, 0) is 41.6 Å². The van der Waals surface area contributed by atoms with Crippen molar-refractivity contribution in [2.24, 2.45) is 17.4 Å². The summed E-state index contributed by atoms with van der Waals surface area (Å²) in [6, 6.07) is 2.58. The van der Waals surface area contributed by atoms with E-state index in [4.69, 9.17) is 16.6 Å². The number of benzene rings is 1. The largest absolute Gasteiger partial charge is 0.480 e. The number of H-pyrrole nitrogens is 1. The van der Waals surface area contributed by atoms with Crippen molar-refractivity contribution in [3.63, 3.8) is 0 Å². The summed E-state index contributed by atoms with van der Waals surface area (Å²) < 4.78 is 0. The molecular weight excluding hydrogens is 548 g/mol. The number of imidazole rings is 1. The van der Waals surface area contributed by atoms with Gasteiger partial charge >= 0.3 is 5.97 Å². The highest BCUT2D eigenvalue weighted by molar-refractivity contribution is 5.97. The highest BCUT2D eigenvalue weighted by Gasteiger charge is 2.33. The summed E-state index contributed by atoms with van der Waals surface area (Å²) in [6.45, 7) is 4.60. The van der Waals surface area contributed by atoms with Gasteiger partial charge in [0, 0.05) is 24.7 Å². The summed E-state index contributed by atoms with van der Waals surface area (Å²) in [7, 11) is 0. The summed E-state index contributed by atoms with van der Waals surface area (Å²) in [6.07, 6.45) is 2.40. The Bertz CT molecular complexity index is 1240. The number of nitrogens with two attached hydrogens (primary N) is 2. The third-order valence-corrected chi connectivity index (χ3v) is 6.26. The van der Waals surface area contributed by atoms with Gasteiger partial charge in [-0.05, 0) is 18.4 Å². The van der Waals surface area contributed by atoms with Crippen LogP contribution in [0.4, 0.5) is 0 Å². The lowest BCUT2D eigenvalue weighted by Crippen LogP contribution is -2.60. The van der Waals surface area contributed by atoms with E-state index in [1.807, 2.05) is 0 Å². The first-order chi connectivity index (χ1) is 19.8. The number of aromatic nitrogens is 2. The van der Waals surface area contributed by atoms with Gasteiger partial charge in [0.25, 0.3) is 0 Å². The van der Waals surface area contributed by atoms with Gasteiger partial charge in [-0.3, -0.25) is 28.8 Å². The Morgan fingerprint density at radius 2 is 1.48 bits per heavy atom. The van der Waals surface area contributed by atoms with Crippen LogP contribution in [0.3, 0.4) is 0 Å². The number of aromatic amines is 1. The van der Waals surface area contributed by atoms with Crippen LogP contribution >= 0.6 is 0 Å². The van der Waals surface area contributed by atoms with Gasteiger partial charge in [0.1, 0.15) is 24.2 Å². The molecule has 0 unspecified atom stereocenters. The molecule has 0 spiro atoms. The third kappa shape index (κ3) is 10.6. The second kappa shape index (κ2) is 15.9. The Balaban J connectivity index is 2.24. The molecule has 2 aromatic rings. The number of carboxylic acid groups (broad SMARTS) is 1. The predicted octanol–water partition coefficient (Wildman–Crippen LogP) is -1.90. The van der Waals surface area contributed by atoms with E-state index in [1.165, 1.54) is 19.4 Å². The molecule has 0 aliphatic heterocycles. The summed E-state index contributed by atoms with van der Waals surface area (Å²) in [5, 5.41) is 19.0. The molecule has 15 heteroatoms. The van der Waals surface area contributed by atoms with E-state index in [0.29, 0.717) is 11.3 Å². The van der Waals surface area contributed by atoms with E-state index in [2.05, 4.69) is 31.2 Å². The SMILES string of the molecule is CC(C)[C@H](NC(=O)[C@H](Cc1ccccc1)NC(=O)[C@H](CC(N)=O)NC(=O)[C@@H](N)Cc1cnc[nH]1)C(=O)N[C@@H](C)C(=O)O. The lowest BCUT2D eigenvalue weighted by Gasteiger charge is -2.27. The monoisotopic (exact) mass is 586 g/mol. The van der Waals surface area contributed by atoms with Gasteiger partial charge < -0.3 is 42.8 Å². The predicted molar refractivity (Wildman–Crippen MR) is 150 cm³/mol. The molecule has 5 atom stereocenters. The van der Waals surface area contributed by atoms with Crippen molar-refractivity contribution in [2.75, 3.05) is 0 Å². The van der Waals surface area contributed by atoms with Gasteiger partial charge in [-0.25, -0.2) is 4.98 Å². The number of aliphatic carboxylic acids is 1. The molecule has 10 N–H and O–H groups in total. The van der Waals surface area contributed by atoms with Crippen LogP contribution in [0.2, 0.25) is 0 Å². The lowest BCUT2D eigenvalue weighted by atomic mass is 10.00. The molecule has 228 valence electrons.